The number of ether oxygens (including phenoxy) is 1. The second kappa shape index (κ2) is 5.35. The number of hydrogen-bond acceptors (Lipinski definition) is 5. The number of halogens is 3. The lowest BCUT2D eigenvalue weighted by molar-refractivity contribution is -0.290. The summed E-state index contributed by atoms with van der Waals surface area (Å²) in [6.45, 7) is -2.23. The number of aliphatic hydroxyl groups is 1. The van der Waals surface area contributed by atoms with Crippen LogP contribution in [-0.4, -0.2) is 55.7 Å². The number of amides is 1. The molecule has 1 aliphatic heterocycles. The number of benzene rings is 1. The highest BCUT2D eigenvalue weighted by molar-refractivity contribution is 7.89. The van der Waals surface area contributed by atoms with Gasteiger partial charge in [-0.1, -0.05) is 0 Å². The molecule has 0 aromatic heterocycles. The summed E-state index contributed by atoms with van der Waals surface area (Å²) in [6, 6.07) is 3.16. The van der Waals surface area contributed by atoms with Crippen LogP contribution < -0.4 is 10.5 Å². The molecule has 1 fully saturated rings. The quantitative estimate of drug-likeness (QED) is 0.796. The molecule has 2 rings (SSSR count). The maximum atomic E-state index is 12.6. The van der Waals surface area contributed by atoms with E-state index in [2.05, 4.69) is 0 Å². The van der Waals surface area contributed by atoms with Crippen LogP contribution in [-0.2, 0) is 10.0 Å². The molecule has 1 aromatic rings. The lowest BCUT2D eigenvalue weighted by Crippen LogP contribution is -2.70. The van der Waals surface area contributed by atoms with Gasteiger partial charge in [0.15, 0.2) is 5.60 Å². The molecule has 7 nitrogen and oxygen atoms in total. The molecule has 1 saturated heterocycles. The SMILES string of the molecule is COc1ccc(S(=O)(=O)N2CC(O)(C(F)(F)F)C2)cc1C(N)=O. The Bertz CT molecular complexity index is 742. The first-order chi connectivity index (χ1) is 10.4. The average Bonchev–Trinajstić information content (AvgIpc) is 2.41. The number of nitrogens with two attached hydrogens (primary N) is 1. The van der Waals surface area contributed by atoms with Crippen LogP contribution in [0.25, 0.3) is 0 Å². The van der Waals surface area contributed by atoms with Crippen molar-refractivity contribution in [2.45, 2.75) is 16.7 Å². The summed E-state index contributed by atoms with van der Waals surface area (Å²) < 4.78 is 67.5. The van der Waals surface area contributed by atoms with E-state index in [0.717, 1.165) is 12.1 Å². The number of alkyl halides is 3. The van der Waals surface area contributed by atoms with Crippen molar-refractivity contribution < 1.29 is 36.2 Å². The molecule has 0 unspecified atom stereocenters. The van der Waals surface area contributed by atoms with Gasteiger partial charge in [-0.25, -0.2) is 8.42 Å². The van der Waals surface area contributed by atoms with Crippen molar-refractivity contribution in [1.29, 1.82) is 0 Å². The fourth-order valence-corrected chi connectivity index (χ4v) is 3.65. The van der Waals surface area contributed by atoms with Gasteiger partial charge in [0.2, 0.25) is 10.0 Å². The minimum atomic E-state index is -4.93. The normalized spacial score (nSPS) is 18.3. The van der Waals surface area contributed by atoms with Gasteiger partial charge in [-0.3, -0.25) is 4.79 Å². The van der Waals surface area contributed by atoms with Crippen molar-refractivity contribution in [3.8, 4) is 5.75 Å². The lowest BCUT2D eigenvalue weighted by Gasteiger charge is -2.45. The standard InChI is InChI=1S/C12H13F3N2O5S/c1-22-9-3-2-7(4-8(9)10(16)18)23(20,21)17-5-11(19,6-17)12(13,14)15/h2-4,19H,5-6H2,1H3,(H2,16,18). The van der Waals surface area contributed by atoms with Crippen LogP contribution in [0.4, 0.5) is 13.2 Å². The van der Waals surface area contributed by atoms with E-state index >= 15 is 0 Å². The maximum Gasteiger partial charge on any atom is 0.419 e. The van der Waals surface area contributed by atoms with Crippen molar-refractivity contribution in [1.82, 2.24) is 4.31 Å². The second-order valence-corrected chi connectivity index (χ2v) is 6.97. The zero-order chi connectivity index (χ0) is 17.6. The highest BCUT2D eigenvalue weighted by atomic mass is 32.2. The van der Waals surface area contributed by atoms with E-state index in [0.29, 0.717) is 4.31 Å². The summed E-state index contributed by atoms with van der Waals surface area (Å²) in [5, 5.41) is 9.33. The maximum absolute atomic E-state index is 12.6. The number of rotatable bonds is 4. The Morgan fingerprint density at radius 1 is 1.39 bits per heavy atom. The molecule has 0 atom stereocenters. The average molecular weight is 354 g/mol. The van der Waals surface area contributed by atoms with Gasteiger partial charge in [-0.2, -0.15) is 17.5 Å². The van der Waals surface area contributed by atoms with Crippen LogP contribution in [0.2, 0.25) is 0 Å². The minimum Gasteiger partial charge on any atom is -0.496 e. The highest BCUT2D eigenvalue weighted by Crippen LogP contribution is 2.40. The number of sulfonamides is 1. The number of carbonyl (C=O) groups excluding carboxylic acids is 1. The third kappa shape index (κ3) is 2.86. The number of nitrogens with zero attached hydrogens (tertiary/aromatic N) is 1. The topological polar surface area (TPSA) is 110 Å². The third-order valence-electron chi connectivity index (χ3n) is 3.48. The van der Waals surface area contributed by atoms with Gasteiger partial charge in [0.05, 0.1) is 30.7 Å². The molecular weight excluding hydrogens is 341 g/mol. The Morgan fingerprint density at radius 3 is 2.39 bits per heavy atom. The van der Waals surface area contributed by atoms with E-state index in [9.17, 15) is 31.5 Å². The van der Waals surface area contributed by atoms with Gasteiger partial charge in [0.25, 0.3) is 5.91 Å². The summed E-state index contributed by atoms with van der Waals surface area (Å²) in [5.74, 6) is -0.916. The Morgan fingerprint density at radius 2 is 1.96 bits per heavy atom. The predicted octanol–water partition coefficient (Wildman–Crippen LogP) is 0.0918. The van der Waals surface area contributed by atoms with Crippen LogP contribution in [0, 0.1) is 0 Å². The molecule has 11 heteroatoms. The van der Waals surface area contributed by atoms with Crippen LogP contribution in [0.5, 0.6) is 5.75 Å². The molecule has 1 heterocycles. The van der Waals surface area contributed by atoms with Gasteiger partial charge in [0, 0.05) is 0 Å². The van der Waals surface area contributed by atoms with Crippen LogP contribution in [0.15, 0.2) is 23.1 Å². The Balaban J connectivity index is 2.32. The van der Waals surface area contributed by atoms with Crippen molar-refractivity contribution in [3.05, 3.63) is 23.8 Å². The first kappa shape index (κ1) is 17.5. The fraction of sp³-hybridized carbons (Fsp3) is 0.417. The largest absolute Gasteiger partial charge is 0.496 e. The van der Waals surface area contributed by atoms with E-state index < -0.39 is 45.7 Å². The van der Waals surface area contributed by atoms with E-state index in [1.807, 2.05) is 0 Å². The van der Waals surface area contributed by atoms with Crippen LogP contribution >= 0.6 is 0 Å². The predicted molar refractivity (Wildman–Crippen MR) is 71.3 cm³/mol. The Kier molecular flexibility index (Phi) is 4.07. The van der Waals surface area contributed by atoms with Crippen LogP contribution in [0.3, 0.4) is 0 Å². The van der Waals surface area contributed by atoms with Gasteiger partial charge in [-0.15, -0.1) is 0 Å². The molecule has 3 N–H and O–H groups in total. The second-order valence-electron chi connectivity index (χ2n) is 5.03. The molecular formula is C12H13F3N2O5S. The fourth-order valence-electron chi connectivity index (χ4n) is 2.08. The van der Waals surface area contributed by atoms with E-state index in [1.165, 1.54) is 13.2 Å². The zero-order valence-corrected chi connectivity index (χ0v) is 12.6. The minimum absolute atomic E-state index is 0.0341. The van der Waals surface area contributed by atoms with Crippen molar-refractivity contribution in [2.75, 3.05) is 20.2 Å². The van der Waals surface area contributed by atoms with Gasteiger partial charge in [0.1, 0.15) is 5.75 Å². The Labute approximate surface area is 129 Å². The van der Waals surface area contributed by atoms with E-state index in [4.69, 9.17) is 10.5 Å². The molecule has 0 saturated carbocycles. The van der Waals surface area contributed by atoms with Crippen molar-refractivity contribution in [3.63, 3.8) is 0 Å². The molecule has 0 spiro atoms. The lowest BCUT2D eigenvalue weighted by atomic mass is 9.97. The summed E-state index contributed by atoms with van der Waals surface area (Å²) in [6.07, 6.45) is -4.93. The molecule has 128 valence electrons. The summed E-state index contributed by atoms with van der Waals surface area (Å²) in [5.41, 5.74) is 1.82. The van der Waals surface area contributed by atoms with Crippen molar-refractivity contribution >= 4 is 15.9 Å². The molecule has 0 aliphatic carbocycles. The number of primary amides is 1. The van der Waals surface area contributed by atoms with E-state index in [1.54, 1.807) is 0 Å². The number of carbonyl (C=O) groups is 1. The Hall–Kier alpha value is -1.85. The number of methoxy groups -OCH3 is 1. The highest BCUT2D eigenvalue weighted by Gasteiger charge is 2.63. The smallest absolute Gasteiger partial charge is 0.419 e. The summed E-state index contributed by atoms with van der Waals surface area (Å²) in [7, 11) is -3.06. The van der Waals surface area contributed by atoms with Gasteiger partial charge >= 0.3 is 6.18 Å². The molecule has 0 radical (unpaired) electrons. The first-order valence-corrected chi connectivity index (χ1v) is 7.63. The first-order valence-electron chi connectivity index (χ1n) is 6.19. The number of β-amino-alcohol motifs (C(OH)–C–C–N with tert-alkyl or cyclic N) is 1. The molecule has 1 aromatic carbocycles. The van der Waals surface area contributed by atoms with Crippen LogP contribution in [0.1, 0.15) is 10.4 Å². The van der Waals surface area contributed by atoms with Crippen molar-refractivity contribution in [2.24, 2.45) is 5.73 Å². The zero-order valence-electron chi connectivity index (χ0n) is 11.8. The molecule has 1 aliphatic rings. The van der Waals surface area contributed by atoms with Gasteiger partial charge in [-0.05, 0) is 18.2 Å². The number of hydrogen-bond donors (Lipinski definition) is 2. The summed E-state index contributed by atoms with van der Waals surface area (Å²) in [4.78, 5) is 10.9. The summed E-state index contributed by atoms with van der Waals surface area (Å²) >= 11 is 0. The molecule has 23 heavy (non-hydrogen) atoms. The monoisotopic (exact) mass is 354 g/mol. The van der Waals surface area contributed by atoms with Gasteiger partial charge < -0.3 is 15.6 Å². The molecule has 1 amide bonds. The third-order valence-corrected chi connectivity index (χ3v) is 5.27. The molecule has 0 bridgehead atoms. The van der Waals surface area contributed by atoms with E-state index in [-0.39, 0.29) is 11.3 Å².